The lowest BCUT2D eigenvalue weighted by atomic mass is 9.95. The highest BCUT2D eigenvalue weighted by Crippen LogP contribution is 2.33. The molecule has 6 rings (SSSR count). The Morgan fingerprint density at radius 3 is 2.49 bits per heavy atom. The van der Waals surface area contributed by atoms with E-state index in [1.54, 1.807) is 63.4 Å². The number of nitrogens with one attached hydrogen (secondary N) is 1. The van der Waals surface area contributed by atoms with Gasteiger partial charge in [0.15, 0.2) is 4.80 Å². The van der Waals surface area contributed by atoms with Gasteiger partial charge in [0.1, 0.15) is 17.3 Å². The number of amides is 1. The van der Waals surface area contributed by atoms with Gasteiger partial charge in [-0.1, -0.05) is 41.7 Å². The standard InChI is InChI=1S/C34H28N4O6S/c1-19-16-23(17-27(20(19)2)38(41)42)28-15-14-26(44-28)18-29-33(40)37-31(22-10-12-25(43-4)13-11-22)30(21(3)35-34(37)45-29)32(39)36-24-8-6-5-7-9-24/h5-18,31H,1-4H3,(H,36,39)/b29-18+/t31-/m1/s1. The molecule has 0 unspecified atom stereocenters. The fourth-order valence-electron chi connectivity index (χ4n) is 5.32. The Kier molecular flexibility index (Phi) is 7.78. The summed E-state index contributed by atoms with van der Waals surface area (Å²) in [6, 6.07) is 22.3. The second-order valence-corrected chi connectivity index (χ2v) is 11.6. The SMILES string of the molecule is COc1ccc([C@@H]2C(C(=O)Nc3ccccc3)=C(C)N=c3s/c(=C/c4ccc(-c5cc(C)c(C)c([N+](=O)[O-])c5)o4)c(=O)n32)cc1. The number of hydrogen-bond acceptors (Lipinski definition) is 8. The molecule has 1 amide bonds. The van der Waals surface area contributed by atoms with Crippen LogP contribution >= 0.6 is 11.3 Å². The summed E-state index contributed by atoms with van der Waals surface area (Å²) in [5, 5.41) is 14.5. The zero-order valence-electron chi connectivity index (χ0n) is 24.9. The van der Waals surface area contributed by atoms with Crippen molar-refractivity contribution in [3.63, 3.8) is 0 Å². The van der Waals surface area contributed by atoms with Gasteiger partial charge in [-0.3, -0.25) is 24.3 Å². The topological polar surface area (TPSA) is 129 Å². The highest BCUT2D eigenvalue weighted by Gasteiger charge is 2.32. The van der Waals surface area contributed by atoms with Crippen LogP contribution in [0.3, 0.4) is 0 Å². The van der Waals surface area contributed by atoms with Crippen LogP contribution in [0.4, 0.5) is 11.4 Å². The van der Waals surface area contributed by atoms with Crippen LogP contribution in [0.1, 0.15) is 35.4 Å². The summed E-state index contributed by atoms with van der Waals surface area (Å²) in [6.07, 6.45) is 1.62. The number of aromatic nitrogens is 1. The van der Waals surface area contributed by atoms with E-state index in [0.29, 0.717) is 60.3 Å². The number of carbonyl (C=O) groups is 1. The third-order valence-corrected chi connectivity index (χ3v) is 8.73. The van der Waals surface area contributed by atoms with Crippen LogP contribution in [0, 0.1) is 24.0 Å². The number of nitro benzene ring substituents is 1. The van der Waals surface area contributed by atoms with Crippen molar-refractivity contribution in [1.82, 2.24) is 4.57 Å². The van der Waals surface area contributed by atoms with Crippen molar-refractivity contribution in [2.24, 2.45) is 4.99 Å². The number of para-hydroxylation sites is 1. The Morgan fingerprint density at radius 1 is 1.07 bits per heavy atom. The van der Waals surface area contributed by atoms with Crippen molar-refractivity contribution >= 4 is 34.7 Å². The maximum absolute atomic E-state index is 14.0. The Hall–Kier alpha value is -5.55. The molecule has 5 aromatic rings. The lowest BCUT2D eigenvalue weighted by Gasteiger charge is -2.25. The van der Waals surface area contributed by atoms with Gasteiger partial charge >= 0.3 is 0 Å². The largest absolute Gasteiger partial charge is 0.497 e. The minimum absolute atomic E-state index is 0.0114. The zero-order chi connectivity index (χ0) is 31.8. The number of rotatable bonds is 7. The molecule has 45 heavy (non-hydrogen) atoms. The first-order chi connectivity index (χ1) is 21.6. The Bertz CT molecular complexity index is 2180. The van der Waals surface area contributed by atoms with E-state index in [1.807, 2.05) is 43.3 Å². The third kappa shape index (κ3) is 5.61. The molecule has 226 valence electrons. The summed E-state index contributed by atoms with van der Waals surface area (Å²) in [6.45, 7) is 5.28. The van der Waals surface area contributed by atoms with Crippen LogP contribution in [-0.4, -0.2) is 22.5 Å². The highest BCUT2D eigenvalue weighted by atomic mass is 32.1. The summed E-state index contributed by atoms with van der Waals surface area (Å²) < 4.78 is 13.3. The van der Waals surface area contributed by atoms with Crippen LogP contribution in [0.2, 0.25) is 0 Å². The summed E-state index contributed by atoms with van der Waals surface area (Å²) >= 11 is 1.19. The molecular formula is C34H28N4O6S. The molecule has 10 nitrogen and oxygen atoms in total. The van der Waals surface area contributed by atoms with E-state index >= 15 is 0 Å². The van der Waals surface area contributed by atoms with E-state index < -0.39 is 11.0 Å². The molecule has 0 radical (unpaired) electrons. The summed E-state index contributed by atoms with van der Waals surface area (Å²) in [5.41, 5.74) is 3.78. The second kappa shape index (κ2) is 11.9. The molecule has 2 aromatic heterocycles. The molecule has 1 N–H and O–H groups in total. The lowest BCUT2D eigenvalue weighted by Crippen LogP contribution is -2.40. The number of aryl methyl sites for hydroxylation is 1. The molecule has 1 atom stereocenters. The van der Waals surface area contributed by atoms with Gasteiger partial charge in [0.2, 0.25) is 0 Å². The fourth-order valence-corrected chi connectivity index (χ4v) is 6.35. The monoisotopic (exact) mass is 620 g/mol. The van der Waals surface area contributed by atoms with Crippen LogP contribution in [0.5, 0.6) is 5.75 Å². The van der Waals surface area contributed by atoms with Crippen molar-refractivity contribution in [3.8, 4) is 17.1 Å². The maximum atomic E-state index is 14.0. The van der Waals surface area contributed by atoms with Gasteiger partial charge in [-0.2, -0.15) is 0 Å². The smallest absolute Gasteiger partial charge is 0.273 e. The predicted octanol–water partition coefficient (Wildman–Crippen LogP) is 5.67. The van der Waals surface area contributed by atoms with Crippen LogP contribution in [-0.2, 0) is 4.79 Å². The van der Waals surface area contributed by atoms with E-state index in [0.717, 1.165) is 5.56 Å². The van der Waals surface area contributed by atoms with Gasteiger partial charge in [0.25, 0.3) is 17.2 Å². The number of nitro groups is 1. The van der Waals surface area contributed by atoms with E-state index in [1.165, 1.54) is 22.0 Å². The van der Waals surface area contributed by atoms with Gasteiger partial charge in [0.05, 0.1) is 33.9 Å². The van der Waals surface area contributed by atoms with E-state index in [9.17, 15) is 19.7 Å². The summed E-state index contributed by atoms with van der Waals surface area (Å²) in [4.78, 5) is 44.0. The van der Waals surface area contributed by atoms with Crippen LogP contribution in [0.25, 0.3) is 17.4 Å². The number of methoxy groups -OCH3 is 1. The van der Waals surface area contributed by atoms with Gasteiger partial charge < -0.3 is 14.5 Å². The summed E-state index contributed by atoms with van der Waals surface area (Å²) in [7, 11) is 1.57. The number of hydrogen-bond donors (Lipinski definition) is 1. The number of anilines is 1. The van der Waals surface area contributed by atoms with Gasteiger partial charge in [-0.25, -0.2) is 4.99 Å². The lowest BCUT2D eigenvalue weighted by molar-refractivity contribution is -0.385. The first-order valence-electron chi connectivity index (χ1n) is 14.0. The molecule has 3 heterocycles. The normalized spacial score (nSPS) is 14.6. The Labute approximate surface area is 261 Å². The number of allylic oxidation sites excluding steroid dienone is 1. The molecule has 0 aliphatic carbocycles. The molecule has 11 heteroatoms. The summed E-state index contributed by atoms with van der Waals surface area (Å²) in [5.74, 6) is 1.11. The van der Waals surface area contributed by atoms with Crippen molar-refractivity contribution in [3.05, 3.63) is 142 Å². The molecular weight excluding hydrogens is 592 g/mol. The Morgan fingerprint density at radius 2 is 1.80 bits per heavy atom. The Balaban J connectivity index is 1.44. The number of ether oxygens (including phenoxy) is 1. The van der Waals surface area contributed by atoms with E-state index in [-0.39, 0.29) is 17.2 Å². The van der Waals surface area contributed by atoms with Crippen molar-refractivity contribution in [2.45, 2.75) is 26.8 Å². The number of thiazole rings is 1. The van der Waals surface area contributed by atoms with Crippen molar-refractivity contribution < 1.29 is 18.9 Å². The van der Waals surface area contributed by atoms with Crippen LogP contribution in [0.15, 0.2) is 104 Å². The number of carbonyl (C=O) groups excluding carboxylic acids is 1. The number of nitrogens with zero attached hydrogens (tertiary/aromatic N) is 3. The molecule has 1 aliphatic heterocycles. The molecule has 0 fully saturated rings. The minimum Gasteiger partial charge on any atom is -0.497 e. The van der Waals surface area contributed by atoms with Gasteiger partial charge in [-0.15, -0.1) is 0 Å². The second-order valence-electron chi connectivity index (χ2n) is 10.6. The van der Waals surface area contributed by atoms with Crippen LogP contribution < -0.4 is 24.9 Å². The van der Waals surface area contributed by atoms with Crippen molar-refractivity contribution in [1.29, 1.82) is 0 Å². The minimum atomic E-state index is -0.749. The first-order valence-corrected chi connectivity index (χ1v) is 14.8. The molecule has 0 saturated carbocycles. The van der Waals surface area contributed by atoms with Gasteiger partial charge in [-0.05, 0) is 74.4 Å². The maximum Gasteiger partial charge on any atom is 0.273 e. The first kappa shape index (κ1) is 29.5. The highest BCUT2D eigenvalue weighted by molar-refractivity contribution is 7.07. The number of fused-ring (bicyclic) bond motifs is 1. The van der Waals surface area contributed by atoms with E-state index in [4.69, 9.17) is 9.15 Å². The van der Waals surface area contributed by atoms with Gasteiger partial charge in [0, 0.05) is 29.0 Å². The number of furan rings is 1. The molecule has 3 aromatic carbocycles. The average Bonchev–Trinajstić information content (AvgIpc) is 3.62. The third-order valence-electron chi connectivity index (χ3n) is 7.75. The fraction of sp³-hybridized carbons (Fsp3) is 0.147. The molecule has 0 saturated heterocycles. The quantitative estimate of drug-likeness (QED) is 0.185. The van der Waals surface area contributed by atoms with E-state index in [2.05, 4.69) is 10.3 Å². The number of benzene rings is 3. The van der Waals surface area contributed by atoms with Crippen molar-refractivity contribution in [2.75, 3.05) is 12.4 Å². The molecule has 0 spiro atoms. The molecule has 1 aliphatic rings. The molecule has 0 bridgehead atoms. The average molecular weight is 621 g/mol. The zero-order valence-corrected chi connectivity index (χ0v) is 25.7. The predicted molar refractivity (Wildman–Crippen MR) is 172 cm³/mol.